The van der Waals surface area contributed by atoms with Crippen molar-refractivity contribution in [3.05, 3.63) is 23.3 Å². The monoisotopic (exact) mass is 664 g/mol. The molecule has 276 valence electrons. The molecule has 0 rings (SSSR count). The van der Waals surface area contributed by atoms with E-state index in [1.54, 1.807) is 12.2 Å². The lowest BCUT2D eigenvalue weighted by Gasteiger charge is -2.22. The zero-order chi connectivity index (χ0) is 34.6. The zero-order valence-corrected chi connectivity index (χ0v) is 31.6. The molecule has 1 N–H and O–H groups in total. The van der Waals surface area contributed by atoms with E-state index >= 15 is 0 Å². The molecule has 0 amide bonds. The topological polar surface area (TPSA) is 76.1 Å². The van der Waals surface area contributed by atoms with Crippen molar-refractivity contribution in [2.24, 2.45) is 0 Å². The van der Waals surface area contributed by atoms with E-state index in [0.29, 0.717) is 13.2 Å². The van der Waals surface area contributed by atoms with Crippen molar-refractivity contribution in [1.29, 1.82) is 0 Å². The maximum Gasteiger partial charge on any atom is 0.330 e. The van der Waals surface area contributed by atoms with Gasteiger partial charge >= 0.3 is 11.9 Å². The minimum absolute atomic E-state index is 0.175. The van der Waals surface area contributed by atoms with Crippen molar-refractivity contribution in [3.8, 4) is 0 Å². The molecule has 0 spiro atoms. The summed E-state index contributed by atoms with van der Waals surface area (Å²) in [5, 5.41) is 9.35. The van der Waals surface area contributed by atoms with Gasteiger partial charge in [0.1, 0.15) is 0 Å². The highest BCUT2D eigenvalue weighted by atomic mass is 16.5. The van der Waals surface area contributed by atoms with E-state index < -0.39 is 0 Å². The van der Waals surface area contributed by atoms with Crippen LogP contribution >= 0.6 is 0 Å². The Bertz CT molecular complexity index is 718. The van der Waals surface area contributed by atoms with Crippen LogP contribution in [0.2, 0.25) is 0 Å². The van der Waals surface area contributed by atoms with Gasteiger partial charge in [-0.3, -0.25) is 0 Å². The highest BCUT2D eigenvalue weighted by Gasteiger charge is 2.08. The molecule has 0 fully saturated rings. The fourth-order valence-corrected chi connectivity index (χ4v) is 5.88. The maximum atomic E-state index is 12.4. The quantitative estimate of drug-likeness (QED) is 0.0413. The third kappa shape index (κ3) is 31.4. The normalized spacial score (nSPS) is 12.2. The lowest BCUT2D eigenvalue weighted by molar-refractivity contribution is -0.138. The molecule has 6 nitrogen and oxygen atoms in total. The minimum atomic E-state index is -0.175. The first-order valence-electron chi connectivity index (χ1n) is 20.1. The molecule has 0 saturated heterocycles. The number of esters is 2. The van der Waals surface area contributed by atoms with Gasteiger partial charge in [-0.2, -0.15) is 0 Å². The van der Waals surface area contributed by atoms with Gasteiger partial charge in [0, 0.05) is 25.3 Å². The number of unbranched alkanes of at least 4 members (excludes halogenated alkanes) is 14. The average Bonchev–Trinajstić information content (AvgIpc) is 3.06. The molecular weight excluding hydrogens is 586 g/mol. The van der Waals surface area contributed by atoms with Crippen molar-refractivity contribution in [1.82, 2.24) is 4.90 Å². The van der Waals surface area contributed by atoms with Gasteiger partial charge in [-0.15, -0.1) is 0 Å². The van der Waals surface area contributed by atoms with Crippen molar-refractivity contribution < 1.29 is 24.2 Å². The molecule has 0 unspecified atom stereocenters. The van der Waals surface area contributed by atoms with Crippen molar-refractivity contribution in [3.63, 3.8) is 0 Å². The molecule has 0 aromatic carbocycles. The Kier molecular flexibility index (Phi) is 34.4. The van der Waals surface area contributed by atoms with Crippen LogP contribution in [-0.4, -0.2) is 61.4 Å². The van der Waals surface area contributed by atoms with E-state index in [1.807, 2.05) is 0 Å². The van der Waals surface area contributed by atoms with Crippen LogP contribution < -0.4 is 0 Å². The van der Waals surface area contributed by atoms with Gasteiger partial charge in [0.2, 0.25) is 0 Å². The largest absolute Gasteiger partial charge is 0.463 e. The van der Waals surface area contributed by atoms with Crippen molar-refractivity contribution in [2.75, 3.05) is 39.5 Å². The van der Waals surface area contributed by atoms with Crippen LogP contribution in [0.15, 0.2) is 23.3 Å². The summed E-state index contributed by atoms with van der Waals surface area (Å²) in [6.07, 6.45) is 31.3. The van der Waals surface area contributed by atoms with Crippen LogP contribution in [0.25, 0.3) is 0 Å². The summed E-state index contributed by atoms with van der Waals surface area (Å²) in [6, 6.07) is 0. The lowest BCUT2D eigenvalue weighted by atomic mass is 10.0. The number of aliphatic hydroxyl groups excluding tert-OH is 1. The molecule has 0 aromatic heterocycles. The van der Waals surface area contributed by atoms with Crippen LogP contribution in [0.4, 0.5) is 0 Å². The summed E-state index contributed by atoms with van der Waals surface area (Å²) >= 11 is 0. The molecule has 0 aliphatic rings. The van der Waals surface area contributed by atoms with E-state index in [1.165, 1.54) is 75.4 Å². The number of aliphatic hydroxyl groups is 1. The first kappa shape index (κ1) is 45.3. The molecule has 0 aliphatic carbocycles. The number of carbonyl (C=O) groups excluding carboxylic acids is 2. The Morgan fingerprint density at radius 2 is 0.830 bits per heavy atom. The molecule has 0 saturated carbocycles. The highest BCUT2D eigenvalue weighted by Crippen LogP contribution is 2.18. The van der Waals surface area contributed by atoms with E-state index in [2.05, 4.69) is 32.6 Å². The number of hydrogen-bond donors (Lipinski definition) is 1. The second-order valence-corrected chi connectivity index (χ2v) is 13.5. The highest BCUT2D eigenvalue weighted by molar-refractivity contribution is 5.83. The van der Waals surface area contributed by atoms with Gasteiger partial charge in [0.05, 0.1) is 13.2 Å². The fraction of sp³-hybridized carbons (Fsp3) is 0.854. The molecule has 0 bridgehead atoms. The number of ether oxygens (including phenoxy) is 2. The Morgan fingerprint density at radius 1 is 0.468 bits per heavy atom. The average molecular weight is 664 g/mol. The van der Waals surface area contributed by atoms with E-state index in [-0.39, 0.29) is 18.5 Å². The van der Waals surface area contributed by atoms with E-state index in [0.717, 1.165) is 116 Å². The van der Waals surface area contributed by atoms with Crippen molar-refractivity contribution >= 4 is 11.9 Å². The van der Waals surface area contributed by atoms with Gasteiger partial charge < -0.3 is 19.5 Å². The molecule has 0 aliphatic heterocycles. The Labute approximate surface area is 291 Å². The van der Waals surface area contributed by atoms with Crippen molar-refractivity contribution in [2.45, 2.75) is 188 Å². The number of carbonyl (C=O) groups is 2. The number of rotatable bonds is 35. The predicted molar refractivity (Wildman–Crippen MR) is 200 cm³/mol. The third-order valence-electron chi connectivity index (χ3n) is 8.91. The molecule has 0 heterocycles. The van der Waals surface area contributed by atoms with Gasteiger partial charge in [-0.05, 0) is 109 Å². The smallest absolute Gasteiger partial charge is 0.330 e. The summed E-state index contributed by atoms with van der Waals surface area (Å²) in [4.78, 5) is 27.3. The Morgan fingerprint density at radius 3 is 1.23 bits per heavy atom. The van der Waals surface area contributed by atoms with Crippen LogP contribution in [0.5, 0.6) is 0 Å². The van der Waals surface area contributed by atoms with Gasteiger partial charge in [-0.1, -0.05) is 103 Å². The Hall–Kier alpha value is -1.66. The number of nitrogens with zero attached hydrogens (tertiary/aromatic N) is 1. The molecule has 0 atom stereocenters. The summed E-state index contributed by atoms with van der Waals surface area (Å²) < 4.78 is 11.1. The Balaban J connectivity index is 4.30. The first-order valence-corrected chi connectivity index (χ1v) is 20.1. The molecule has 0 aromatic rings. The SMILES string of the molecule is CCCCCCC/C(=C/C(=O)OCCCCCN(CCCO)CCCCCOC(=O)/C=C(\CCCC)CCCCCCC)CCCC. The summed E-state index contributed by atoms with van der Waals surface area (Å²) in [7, 11) is 0. The van der Waals surface area contributed by atoms with Crippen LogP contribution in [-0.2, 0) is 19.1 Å². The van der Waals surface area contributed by atoms with Crippen LogP contribution in [0.3, 0.4) is 0 Å². The standard InChI is InChI=1S/C41H77NO5/c1-5-9-13-15-19-28-38(26-11-7-3)36-40(44)46-34-23-17-21-30-42(32-25-33-43)31-22-18-24-35-47-41(45)37-39(27-12-8-4)29-20-16-14-10-6-2/h36-37,43H,5-35H2,1-4H3/b38-36+,39-37+. The van der Waals surface area contributed by atoms with Gasteiger partial charge in [0.15, 0.2) is 0 Å². The fourth-order valence-electron chi connectivity index (χ4n) is 5.88. The molecule has 47 heavy (non-hydrogen) atoms. The van der Waals surface area contributed by atoms with Crippen LogP contribution in [0.1, 0.15) is 188 Å². The predicted octanol–water partition coefficient (Wildman–Crippen LogP) is 11.1. The minimum Gasteiger partial charge on any atom is -0.463 e. The van der Waals surface area contributed by atoms with Crippen LogP contribution in [0, 0.1) is 0 Å². The zero-order valence-electron chi connectivity index (χ0n) is 31.6. The first-order chi connectivity index (χ1) is 23.0. The second kappa shape index (κ2) is 35.6. The lowest BCUT2D eigenvalue weighted by Crippen LogP contribution is -2.28. The summed E-state index contributed by atoms with van der Waals surface area (Å²) in [5.74, 6) is -0.351. The number of allylic oxidation sites excluding steroid dienone is 2. The summed E-state index contributed by atoms with van der Waals surface area (Å²) in [6.45, 7) is 12.9. The third-order valence-corrected chi connectivity index (χ3v) is 8.91. The maximum absolute atomic E-state index is 12.4. The summed E-state index contributed by atoms with van der Waals surface area (Å²) in [5.41, 5.74) is 2.51. The second-order valence-electron chi connectivity index (χ2n) is 13.5. The van der Waals surface area contributed by atoms with Gasteiger partial charge in [0.25, 0.3) is 0 Å². The molecule has 0 radical (unpaired) electrons. The molecular formula is C41H77NO5. The molecule has 6 heteroatoms. The van der Waals surface area contributed by atoms with E-state index in [4.69, 9.17) is 9.47 Å². The number of hydrogen-bond acceptors (Lipinski definition) is 6. The van der Waals surface area contributed by atoms with Gasteiger partial charge in [-0.25, -0.2) is 9.59 Å². The van der Waals surface area contributed by atoms with E-state index in [9.17, 15) is 14.7 Å².